The number of hydrogen-bond acceptors (Lipinski definition) is 3. The van der Waals surface area contributed by atoms with Crippen LogP contribution < -0.4 is 5.32 Å². The van der Waals surface area contributed by atoms with E-state index in [0.717, 1.165) is 51.4 Å². The van der Waals surface area contributed by atoms with Gasteiger partial charge in [-0.2, -0.15) is 0 Å². The van der Waals surface area contributed by atoms with Crippen LogP contribution >= 0.6 is 0 Å². The highest BCUT2D eigenvalue weighted by molar-refractivity contribution is 5.75. The Morgan fingerprint density at radius 2 is 2.11 bits per heavy atom. The number of allylic oxidation sites excluding steroid dienone is 2. The Morgan fingerprint density at radius 3 is 2.82 bits per heavy atom. The average Bonchev–Trinajstić information content (AvgIpc) is 3.15. The molecule has 1 fully saturated rings. The lowest BCUT2D eigenvalue weighted by molar-refractivity contribution is -0.121. The normalized spacial score (nSPS) is 29.0. The molecule has 4 nitrogen and oxygen atoms in total. The van der Waals surface area contributed by atoms with E-state index in [4.69, 9.17) is 0 Å². The number of nitrogens with one attached hydrogen (secondary N) is 1. The summed E-state index contributed by atoms with van der Waals surface area (Å²) >= 11 is 0. The molecule has 2 aliphatic rings. The first-order chi connectivity index (χ1) is 13.4. The van der Waals surface area contributed by atoms with Crippen LogP contribution in [0.3, 0.4) is 0 Å². The van der Waals surface area contributed by atoms with Gasteiger partial charge in [0.15, 0.2) is 0 Å². The van der Waals surface area contributed by atoms with Gasteiger partial charge in [-0.1, -0.05) is 43.6 Å². The van der Waals surface area contributed by atoms with Crippen LogP contribution in [-0.2, 0) is 4.79 Å². The van der Waals surface area contributed by atoms with Crippen molar-refractivity contribution in [1.29, 1.82) is 0 Å². The van der Waals surface area contributed by atoms with Crippen LogP contribution in [0.2, 0.25) is 0 Å². The lowest BCUT2D eigenvalue weighted by Crippen LogP contribution is -2.23. The summed E-state index contributed by atoms with van der Waals surface area (Å²) in [6, 6.07) is 0. The molecule has 2 aliphatic carbocycles. The fourth-order valence-corrected chi connectivity index (χ4v) is 4.85. The number of amides is 1. The largest absolute Gasteiger partial charge is 0.392 e. The van der Waals surface area contributed by atoms with Crippen LogP contribution in [0.4, 0.5) is 0 Å². The van der Waals surface area contributed by atoms with Gasteiger partial charge in [-0.25, -0.2) is 0 Å². The first kappa shape index (κ1) is 23.2. The Hall–Kier alpha value is -1.13. The minimum Gasteiger partial charge on any atom is -0.392 e. The highest BCUT2D eigenvalue weighted by Crippen LogP contribution is 2.48. The van der Waals surface area contributed by atoms with Gasteiger partial charge in [0.05, 0.1) is 11.7 Å². The SMILES string of the molecule is CCCC[C@](C)(O)CC=C[C@@H]1[C@H]2CC(CCCCC(=O)NCC)=C[C@H]2C[C@H]1O. The van der Waals surface area contributed by atoms with E-state index >= 15 is 0 Å². The summed E-state index contributed by atoms with van der Waals surface area (Å²) in [5.41, 5.74) is 0.865. The van der Waals surface area contributed by atoms with Gasteiger partial charge >= 0.3 is 0 Å². The summed E-state index contributed by atoms with van der Waals surface area (Å²) in [5, 5.41) is 23.8. The zero-order chi connectivity index (χ0) is 20.6. The van der Waals surface area contributed by atoms with Crippen LogP contribution in [-0.4, -0.2) is 34.4 Å². The molecule has 3 N–H and O–H groups in total. The third-order valence-corrected chi connectivity index (χ3v) is 6.46. The van der Waals surface area contributed by atoms with Crippen molar-refractivity contribution in [2.45, 2.75) is 96.7 Å². The number of carbonyl (C=O) groups is 1. The van der Waals surface area contributed by atoms with Gasteiger partial charge < -0.3 is 15.5 Å². The van der Waals surface area contributed by atoms with Crippen LogP contribution in [0.15, 0.2) is 23.8 Å². The molecule has 0 aromatic carbocycles. The average molecular weight is 392 g/mol. The smallest absolute Gasteiger partial charge is 0.219 e. The summed E-state index contributed by atoms with van der Waals surface area (Å²) < 4.78 is 0. The van der Waals surface area contributed by atoms with Gasteiger partial charge in [-0.15, -0.1) is 0 Å². The fraction of sp³-hybridized carbons (Fsp3) is 0.792. The maximum atomic E-state index is 11.5. The molecular formula is C24H41NO3. The van der Waals surface area contributed by atoms with Crippen molar-refractivity contribution < 1.29 is 15.0 Å². The molecule has 2 rings (SSSR count). The maximum Gasteiger partial charge on any atom is 0.219 e. The van der Waals surface area contributed by atoms with Crippen molar-refractivity contribution in [2.24, 2.45) is 17.8 Å². The predicted octanol–water partition coefficient (Wildman–Crippen LogP) is 4.51. The second-order valence-electron chi connectivity index (χ2n) is 9.13. The molecule has 0 aliphatic heterocycles. The van der Waals surface area contributed by atoms with Gasteiger partial charge in [-0.05, 0) is 70.6 Å². The lowest BCUT2D eigenvalue weighted by Gasteiger charge is -2.22. The molecule has 5 atom stereocenters. The Morgan fingerprint density at radius 1 is 1.32 bits per heavy atom. The van der Waals surface area contributed by atoms with Gasteiger partial charge in [0.25, 0.3) is 0 Å². The second kappa shape index (κ2) is 11.2. The molecular weight excluding hydrogens is 350 g/mol. The maximum absolute atomic E-state index is 11.5. The van der Waals surface area contributed by atoms with Gasteiger partial charge in [0, 0.05) is 18.9 Å². The number of hydrogen-bond donors (Lipinski definition) is 3. The topological polar surface area (TPSA) is 69.6 Å². The van der Waals surface area contributed by atoms with Crippen molar-refractivity contribution in [2.75, 3.05) is 6.54 Å². The molecule has 1 saturated carbocycles. The van der Waals surface area contributed by atoms with E-state index < -0.39 is 5.60 Å². The summed E-state index contributed by atoms with van der Waals surface area (Å²) in [6.45, 7) is 6.71. The quantitative estimate of drug-likeness (QED) is 0.338. The molecule has 0 aromatic rings. The van der Waals surface area contributed by atoms with Gasteiger partial charge in [0.2, 0.25) is 5.91 Å². The summed E-state index contributed by atoms with van der Waals surface area (Å²) in [6.07, 6.45) is 15.7. The molecule has 0 spiro atoms. The minimum absolute atomic E-state index is 0.155. The van der Waals surface area contributed by atoms with Crippen molar-refractivity contribution in [1.82, 2.24) is 5.32 Å². The highest BCUT2D eigenvalue weighted by atomic mass is 16.3. The van der Waals surface area contributed by atoms with E-state index in [9.17, 15) is 15.0 Å². The Labute approximate surface area is 171 Å². The van der Waals surface area contributed by atoms with Crippen molar-refractivity contribution in [3.05, 3.63) is 23.8 Å². The Bertz CT molecular complexity index is 552. The number of carbonyl (C=O) groups excluding carboxylic acids is 1. The molecule has 0 unspecified atom stereocenters. The van der Waals surface area contributed by atoms with Crippen molar-refractivity contribution in [3.63, 3.8) is 0 Å². The molecule has 0 heterocycles. The minimum atomic E-state index is -0.640. The molecule has 0 bridgehead atoms. The fourth-order valence-electron chi connectivity index (χ4n) is 4.85. The molecule has 1 amide bonds. The van der Waals surface area contributed by atoms with Crippen LogP contribution in [0.5, 0.6) is 0 Å². The van der Waals surface area contributed by atoms with E-state index in [0.29, 0.717) is 31.2 Å². The van der Waals surface area contributed by atoms with Crippen LogP contribution in [0.25, 0.3) is 0 Å². The molecule has 4 heteroatoms. The lowest BCUT2D eigenvalue weighted by atomic mass is 9.87. The van der Waals surface area contributed by atoms with Gasteiger partial charge in [-0.3, -0.25) is 4.79 Å². The molecule has 160 valence electrons. The standard InChI is InChI=1S/C24H41NO3/c1-4-6-13-24(3,28)14-9-11-20-21-16-18(15-19(21)17-22(20)26)10-7-8-12-23(27)25-5-2/h9,11,15,19-22,26,28H,4-8,10,12-14,16-17H2,1-3H3,(H,25,27)/t19-,20+,21-,22+,24-/m0/s1. The van der Waals surface area contributed by atoms with Crippen molar-refractivity contribution >= 4 is 5.91 Å². The zero-order valence-electron chi connectivity index (χ0n) is 18.1. The molecule has 0 saturated heterocycles. The summed E-state index contributed by atoms with van der Waals surface area (Å²) in [7, 11) is 0. The molecule has 28 heavy (non-hydrogen) atoms. The number of aliphatic hydroxyl groups is 2. The Balaban J connectivity index is 1.77. The Kier molecular flexibility index (Phi) is 9.23. The first-order valence-electron chi connectivity index (χ1n) is 11.4. The third-order valence-electron chi connectivity index (χ3n) is 6.46. The molecule has 0 radical (unpaired) electrons. The molecule has 0 aromatic heterocycles. The predicted molar refractivity (Wildman–Crippen MR) is 115 cm³/mol. The third kappa shape index (κ3) is 7.04. The van der Waals surface area contributed by atoms with Crippen molar-refractivity contribution in [3.8, 4) is 0 Å². The number of fused-ring (bicyclic) bond motifs is 1. The number of aliphatic hydroxyl groups excluding tert-OH is 1. The van der Waals surface area contributed by atoms with Gasteiger partial charge in [0.1, 0.15) is 0 Å². The monoisotopic (exact) mass is 391 g/mol. The first-order valence-corrected chi connectivity index (χ1v) is 11.4. The summed E-state index contributed by atoms with van der Waals surface area (Å²) in [4.78, 5) is 11.5. The second-order valence-corrected chi connectivity index (χ2v) is 9.13. The zero-order valence-corrected chi connectivity index (χ0v) is 18.1. The van der Waals surface area contributed by atoms with Crippen LogP contribution in [0.1, 0.15) is 85.0 Å². The van der Waals surface area contributed by atoms with E-state index in [-0.39, 0.29) is 17.9 Å². The number of unbranched alkanes of at least 4 members (excludes halogenated alkanes) is 2. The van der Waals surface area contributed by atoms with E-state index in [1.807, 2.05) is 13.8 Å². The van der Waals surface area contributed by atoms with E-state index in [1.165, 1.54) is 5.57 Å². The van der Waals surface area contributed by atoms with E-state index in [1.54, 1.807) is 0 Å². The van der Waals surface area contributed by atoms with E-state index in [2.05, 4.69) is 30.5 Å². The van der Waals surface area contributed by atoms with Crippen LogP contribution in [0, 0.1) is 17.8 Å². The summed E-state index contributed by atoms with van der Waals surface area (Å²) in [5.74, 6) is 1.35. The number of rotatable bonds is 12. The highest BCUT2D eigenvalue weighted by Gasteiger charge is 2.43.